The first-order valence-electron chi connectivity index (χ1n) is 11.9. The predicted molar refractivity (Wildman–Crippen MR) is 126 cm³/mol. The lowest BCUT2D eigenvalue weighted by atomic mass is 9.88. The average molecular weight is 496 g/mol. The smallest absolute Gasteiger partial charge is 0.141 e. The monoisotopic (exact) mass is 495 g/mol. The Kier molecular flexibility index (Phi) is 8.28. The van der Waals surface area contributed by atoms with E-state index in [2.05, 4.69) is 10.3 Å². The zero-order chi connectivity index (χ0) is 24.9. The van der Waals surface area contributed by atoms with Gasteiger partial charge in [-0.1, -0.05) is 18.2 Å². The molecular weight excluding hydrogens is 465 g/mol. The molecule has 2 aromatic carbocycles. The minimum absolute atomic E-state index is 0.0236. The Hall–Kier alpha value is -2.65. The highest BCUT2D eigenvalue weighted by Crippen LogP contribution is 2.43. The van der Waals surface area contributed by atoms with Crippen LogP contribution in [0.2, 0.25) is 0 Å². The molecule has 0 radical (unpaired) electrons. The number of hydrogen-bond donors (Lipinski definition) is 2. The van der Waals surface area contributed by atoms with E-state index in [-0.39, 0.29) is 30.5 Å². The van der Waals surface area contributed by atoms with Crippen molar-refractivity contribution in [1.29, 1.82) is 0 Å². The summed E-state index contributed by atoms with van der Waals surface area (Å²) in [7, 11) is 0. The number of nitrogens with one attached hydrogen (secondary N) is 2. The van der Waals surface area contributed by atoms with E-state index in [1.807, 2.05) is 31.2 Å². The summed E-state index contributed by atoms with van der Waals surface area (Å²) in [6.45, 7) is 1.01. The van der Waals surface area contributed by atoms with Crippen molar-refractivity contribution in [3.8, 4) is 5.75 Å². The number of hydrogen-bond acceptors (Lipinski definition) is 3. The first-order valence-corrected chi connectivity index (χ1v) is 11.9. The summed E-state index contributed by atoms with van der Waals surface area (Å²) < 4.78 is 75.8. The number of rotatable bonds is 11. The number of H-pyrrole nitrogens is 1. The fourth-order valence-corrected chi connectivity index (χ4v) is 4.84. The molecule has 0 saturated carbocycles. The van der Waals surface area contributed by atoms with E-state index in [9.17, 15) is 13.2 Å². The normalized spacial score (nSPS) is 19.1. The zero-order valence-corrected chi connectivity index (χ0v) is 19.6. The molecule has 3 aromatic rings. The molecule has 0 saturated heterocycles. The fraction of sp³-hybridized carbons (Fsp3) is 0.462. The minimum Gasteiger partial charge on any atom is -0.492 e. The number of fused-ring (bicyclic) bond motifs is 3. The molecule has 1 aromatic heterocycles. The van der Waals surface area contributed by atoms with E-state index in [4.69, 9.17) is 4.74 Å². The molecule has 2 N–H and O–H groups in total. The molecule has 190 valence electrons. The molecule has 1 unspecified atom stereocenters. The van der Waals surface area contributed by atoms with E-state index >= 15 is 8.78 Å². The van der Waals surface area contributed by atoms with Crippen molar-refractivity contribution < 1.29 is 26.7 Å². The van der Waals surface area contributed by atoms with Gasteiger partial charge >= 0.3 is 0 Å². The maximum absolute atomic E-state index is 15.5. The Bertz CT molecular complexity index is 1110. The third-order valence-corrected chi connectivity index (χ3v) is 6.45. The van der Waals surface area contributed by atoms with Crippen LogP contribution in [0.3, 0.4) is 0 Å². The van der Waals surface area contributed by atoms with Crippen molar-refractivity contribution in [1.82, 2.24) is 15.2 Å². The van der Waals surface area contributed by atoms with Gasteiger partial charge in [0.15, 0.2) is 0 Å². The van der Waals surface area contributed by atoms with Gasteiger partial charge in [0.05, 0.1) is 12.7 Å². The van der Waals surface area contributed by atoms with Gasteiger partial charge in [-0.05, 0) is 37.9 Å². The van der Waals surface area contributed by atoms with Gasteiger partial charge in [0.1, 0.15) is 36.8 Å². The number of benzene rings is 2. The molecule has 0 aliphatic carbocycles. The van der Waals surface area contributed by atoms with Crippen LogP contribution in [0.4, 0.5) is 22.0 Å². The van der Waals surface area contributed by atoms with Gasteiger partial charge in [0.2, 0.25) is 0 Å². The highest BCUT2D eigenvalue weighted by Gasteiger charge is 2.39. The van der Waals surface area contributed by atoms with Crippen LogP contribution in [0.5, 0.6) is 5.75 Å². The van der Waals surface area contributed by atoms with E-state index in [1.54, 1.807) is 4.90 Å². The Morgan fingerprint density at radius 2 is 1.89 bits per heavy atom. The third-order valence-electron chi connectivity index (χ3n) is 6.45. The second-order valence-corrected chi connectivity index (χ2v) is 8.91. The molecule has 35 heavy (non-hydrogen) atoms. The summed E-state index contributed by atoms with van der Waals surface area (Å²) in [4.78, 5) is 4.90. The fourth-order valence-electron chi connectivity index (χ4n) is 4.84. The first-order chi connectivity index (χ1) is 16.9. The van der Waals surface area contributed by atoms with Crippen LogP contribution in [0.1, 0.15) is 36.2 Å². The summed E-state index contributed by atoms with van der Waals surface area (Å²) in [5.41, 5.74) is 2.09. The topological polar surface area (TPSA) is 40.3 Å². The number of aromatic amines is 1. The van der Waals surface area contributed by atoms with Gasteiger partial charge in [0, 0.05) is 53.4 Å². The molecule has 9 heteroatoms. The minimum atomic E-state index is -1.77. The molecule has 1 aliphatic rings. The average Bonchev–Trinajstić information content (AvgIpc) is 3.20. The summed E-state index contributed by atoms with van der Waals surface area (Å²) in [5, 5.41) is 3.92. The zero-order valence-electron chi connectivity index (χ0n) is 19.6. The summed E-state index contributed by atoms with van der Waals surface area (Å²) in [6.07, 6.45) is -0.856. The van der Waals surface area contributed by atoms with Gasteiger partial charge in [0.25, 0.3) is 0 Å². The number of halogens is 5. The van der Waals surface area contributed by atoms with E-state index < -0.39 is 37.2 Å². The van der Waals surface area contributed by atoms with E-state index in [0.29, 0.717) is 31.6 Å². The van der Waals surface area contributed by atoms with Crippen molar-refractivity contribution >= 4 is 10.9 Å². The maximum Gasteiger partial charge on any atom is 0.141 e. The van der Waals surface area contributed by atoms with Crippen molar-refractivity contribution in [3.63, 3.8) is 0 Å². The summed E-state index contributed by atoms with van der Waals surface area (Å²) >= 11 is 0. The van der Waals surface area contributed by atoms with Crippen LogP contribution in [0.15, 0.2) is 36.4 Å². The molecule has 0 bridgehead atoms. The number of ether oxygens (including phenoxy) is 1. The van der Waals surface area contributed by atoms with Crippen LogP contribution in [-0.4, -0.2) is 61.7 Å². The van der Waals surface area contributed by atoms with Crippen LogP contribution in [0.25, 0.3) is 10.9 Å². The van der Waals surface area contributed by atoms with Gasteiger partial charge in [-0.15, -0.1) is 0 Å². The molecule has 0 amide bonds. The molecular formula is C26H30F5N3O. The van der Waals surface area contributed by atoms with Crippen LogP contribution in [-0.2, 0) is 6.42 Å². The largest absolute Gasteiger partial charge is 0.492 e. The Morgan fingerprint density at radius 1 is 1.14 bits per heavy atom. The van der Waals surface area contributed by atoms with Crippen LogP contribution >= 0.6 is 0 Å². The van der Waals surface area contributed by atoms with Gasteiger partial charge in [-0.3, -0.25) is 9.29 Å². The van der Waals surface area contributed by atoms with E-state index in [0.717, 1.165) is 28.6 Å². The molecule has 4 nitrogen and oxygen atoms in total. The maximum atomic E-state index is 15.5. The first kappa shape index (κ1) is 25.4. The molecule has 3 atom stereocenters. The van der Waals surface area contributed by atoms with Crippen molar-refractivity contribution in [3.05, 3.63) is 64.9 Å². The summed E-state index contributed by atoms with van der Waals surface area (Å²) in [6, 6.07) is 8.57. The number of alkyl halides is 3. The Labute approximate surface area is 201 Å². The number of aromatic nitrogens is 1. The molecule has 2 heterocycles. The molecule has 0 spiro atoms. The van der Waals surface area contributed by atoms with Gasteiger partial charge < -0.3 is 15.0 Å². The van der Waals surface area contributed by atoms with E-state index in [1.165, 1.54) is 0 Å². The quantitative estimate of drug-likeness (QED) is 0.276. The predicted octanol–water partition coefficient (Wildman–Crippen LogP) is 5.42. The standard InChI is InChI=1S/C26H30F5N3O/c1-16-11-20-19-5-2-3-6-23(19)33-25(20)26(34(16)15-17(29)14-28)24-21(30)12-18(13-22(24)31)35-10-9-32-8-4-7-27/h2-3,5-6,12-13,16-17,26,32-33H,4,7-11,14-15H2,1H3/t16-,17?,26-/m1/s1. The van der Waals surface area contributed by atoms with Gasteiger partial charge in [-0.25, -0.2) is 17.6 Å². The van der Waals surface area contributed by atoms with Crippen molar-refractivity contribution in [2.75, 3.05) is 39.6 Å². The Morgan fingerprint density at radius 3 is 2.60 bits per heavy atom. The lowest BCUT2D eigenvalue weighted by Crippen LogP contribution is -2.46. The van der Waals surface area contributed by atoms with Crippen molar-refractivity contribution in [2.45, 2.75) is 38.0 Å². The molecule has 0 fully saturated rings. The number of para-hydroxylation sites is 1. The van der Waals surface area contributed by atoms with Crippen molar-refractivity contribution in [2.24, 2.45) is 0 Å². The highest BCUT2D eigenvalue weighted by atomic mass is 19.2. The number of nitrogens with zero attached hydrogens (tertiary/aromatic N) is 1. The van der Waals surface area contributed by atoms with Crippen LogP contribution < -0.4 is 10.1 Å². The third kappa shape index (κ3) is 5.46. The van der Waals surface area contributed by atoms with Crippen LogP contribution in [0, 0.1) is 11.6 Å². The van der Waals surface area contributed by atoms with Gasteiger partial charge in [-0.2, -0.15) is 0 Å². The SMILES string of the molecule is C[C@@H]1Cc2c([nH]c3ccccc23)[C@@H](c2c(F)cc(OCCNCCCF)cc2F)N1CC(F)CF. The molecule has 1 aliphatic heterocycles. The second-order valence-electron chi connectivity index (χ2n) is 8.91. The molecule has 4 rings (SSSR count). The lowest BCUT2D eigenvalue weighted by Gasteiger charge is -2.41. The lowest BCUT2D eigenvalue weighted by molar-refractivity contribution is 0.0924. The Balaban J connectivity index is 1.68. The summed E-state index contributed by atoms with van der Waals surface area (Å²) in [5.74, 6) is -1.63. The highest BCUT2D eigenvalue weighted by molar-refractivity contribution is 5.85. The second kappa shape index (κ2) is 11.4.